The van der Waals surface area contributed by atoms with Gasteiger partial charge in [-0.1, -0.05) is 59.0 Å². The fraction of sp³-hybridized carbons (Fsp3) is 0.0526. The molecule has 0 bridgehead atoms. The smallest absolute Gasteiger partial charge is 0.349 e. The molecule has 2 aromatic carbocycles. The van der Waals surface area contributed by atoms with Gasteiger partial charge in [-0.3, -0.25) is 10.1 Å². The van der Waals surface area contributed by atoms with Crippen molar-refractivity contribution in [3.05, 3.63) is 80.9 Å². The first-order chi connectivity index (χ1) is 14.0. The van der Waals surface area contributed by atoms with Crippen LogP contribution in [0.3, 0.4) is 0 Å². The predicted octanol–water partition coefficient (Wildman–Crippen LogP) is 4.98. The maximum absolute atomic E-state index is 13.8. The van der Waals surface area contributed by atoms with Gasteiger partial charge in [-0.2, -0.15) is 0 Å². The summed E-state index contributed by atoms with van der Waals surface area (Å²) in [6, 6.07) is 12.8. The lowest BCUT2D eigenvalue weighted by Crippen LogP contribution is -2.20. The molecule has 0 unspecified atom stereocenters. The van der Waals surface area contributed by atoms with E-state index in [1.54, 1.807) is 30.3 Å². The first-order valence-corrected chi connectivity index (χ1v) is 10.4. The maximum atomic E-state index is 13.8. The minimum absolute atomic E-state index is 0.133. The normalized spacial score (nSPS) is 11.0. The first kappa shape index (κ1) is 19.6. The average Bonchev–Trinajstić information content (AvgIpc) is 3.14. The van der Waals surface area contributed by atoms with Crippen molar-refractivity contribution in [2.45, 2.75) is 10.1 Å². The number of benzene rings is 2. The minimum atomic E-state index is -0.741. The Morgan fingerprint density at radius 3 is 2.86 bits per heavy atom. The third kappa shape index (κ3) is 4.31. The number of nitrogens with zero attached hydrogens (tertiary/aromatic N) is 2. The van der Waals surface area contributed by atoms with Crippen LogP contribution in [0.15, 0.2) is 62.1 Å². The number of hydrogen-bond acceptors (Lipinski definition) is 7. The minimum Gasteiger partial charge on any atom is -0.422 e. The Kier molecular flexibility index (Phi) is 5.61. The highest BCUT2D eigenvalue weighted by Gasteiger charge is 2.16. The number of amides is 1. The topological polar surface area (TPSA) is 85.1 Å². The van der Waals surface area contributed by atoms with Crippen LogP contribution >= 0.6 is 34.7 Å². The van der Waals surface area contributed by atoms with Gasteiger partial charge < -0.3 is 4.42 Å². The Bertz CT molecular complexity index is 1250. The molecule has 0 spiro atoms. The average molecular weight is 448 g/mol. The van der Waals surface area contributed by atoms with Crippen LogP contribution in [0.2, 0.25) is 5.02 Å². The van der Waals surface area contributed by atoms with E-state index in [1.807, 2.05) is 0 Å². The SMILES string of the molecule is O=C(Nc1nnc(SCc2c(F)cccc2Cl)s1)c1cc2ccccc2oc1=O. The van der Waals surface area contributed by atoms with Crippen LogP contribution in [0.1, 0.15) is 15.9 Å². The molecule has 0 saturated heterocycles. The third-order valence-electron chi connectivity index (χ3n) is 3.91. The zero-order valence-corrected chi connectivity index (χ0v) is 16.9. The lowest BCUT2D eigenvalue weighted by Gasteiger charge is -2.03. The summed E-state index contributed by atoms with van der Waals surface area (Å²) >= 11 is 8.36. The molecule has 1 N–H and O–H groups in total. The summed E-state index contributed by atoms with van der Waals surface area (Å²) in [7, 11) is 0. The summed E-state index contributed by atoms with van der Waals surface area (Å²) in [4.78, 5) is 24.5. The van der Waals surface area contributed by atoms with Crippen LogP contribution in [0.4, 0.5) is 9.52 Å². The third-order valence-corrected chi connectivity index (χ3v) is 6.27. The summed E-state index contributed by atoms with van der Waals surface area (Å²) in [6.07, 6.45) is 0. The van der Waals surface area contributed by atoms with Crippen molar-refractivity contribution >= 4 is 56.7 Å². The van der Waals surface area contributed by atoms with Crippen LogP contribution in [0.5, 0.6) is 0 Å². The van der Waals surface area contributed by atoms with Gasteiger partial charge in [0.25, 0.3) is 5.91 Å². The molecule has 146 valence electrons. The monoisotopic (exact) mass is 447 g/mol. The second kappa shape index (κ2) is 8.32. The summed E-state index contributed by atoms with van der Waals surface area (Å²) < 4.78 is 19.5. The number of carbonyl (C=O) groups is 1. The highest BCUT2D eigenvalue weighted by Crippen LogP contribution is 2.31. The molecule has 29 heavy (non-hydrogen) atoms. The van der Waals surface area contributed by atoms with E-state index in [0.29, 0.717) is 25.9 Å². The van der Waals surface area contributed by atoms with Crippen LogP contribution in [0, 0.1) is 5.82 Å². The zero-order valence-electron chi connectivity index (χ0n) is 14.5. The van der Waals surface area contributed by atoms with Gasteiger partial charge in [-0.05, 0) is 24.3 Å². The number of halogens is 2. The number of fused-ring (bicyclic) bond motifs is 1. The van der Waals surface area contributed by atoms with Crippen molar-refractivity contribution in [3.63, 3.8) is 0 Å². The Labute approximate surface area is 176 Å². The van der Waals surface area contributed by atoms with Crippen molar-refractivity contribution in [3.8, 4) is 0 Å². The first-order valence-electron chi connectivity index (χ1n) is 8.24. The van der Waals surface area contributed by atoms with Gasteiger partial charge in [0.2, 0.25) is 5.13 Å². The molecule has 1 amide bonds. The summed E-state index contributed by atoms with van der Waals surface area (Å²) in [5, 5.41) is 11.6. The number of anilines is 1. The van der Waals surface area contributed by atoms with E-state index in [2.05, 4.69) is 15.5 Å². The molecule has 2 aromatic heterocycles. The fourth-order valence-corrected chi connectivity index (χ4v) is 4.60. The number of rotatable bonds is 5. The molecule has 0 saturated carbocycles. The Balaban J connectivity index is 1.47. The summed E-state index contributed by atoms with van der Waals surface area (Å²) in [5.74, 6) is -0.775. The molecule has 2 heterocycles. The Morgan fingerprint density at radius 1 is 1.21 bits per heavy atom. The van der Waals surface area contributed by atoms with E-state index in [1.165, 1.54) is 30.0 Å². The van der Waals surface area contributed by atoms with Crippen molar-refractivity contribution in [1.29, 1.82) is 0 Å². The Hall–Kier alpha value is -2.75. The van der Waals surface area contributed by atoms with Crippen LogP contribution in [-0.2, 0) is 5.75 Å². The van der Waals surface area contributed by atoms with E-state index in [4.69, 9.17) is 16.0 Å². The van der Waals surface area contributed by atoms with Crippen LogP contribution in [0.25, 0.3) is 11.0 Å². The second-order valence-electron chi connectivity index (χ2n) is 5.80. The van der Waals surface area contributed by atoms with E-state index >= 15 is 0 Å². The van der Waals surface area contributed by atoms with Crippen molar-refractivity contribution in [1.82, 2.24) is 10.2 Å². The predicted molar refractivity (Wildman–Crippen MR) is 111 cm³/mol. The quantitative estimate of drug-likeness (QED) is 0.264. The van der Waals surface area contributed by atoms with Crippen molar-refractivity contribution in [2.75, 3.05) is 5.32 Å². The van der Waals surface area contributed by atoms with Gasteiger partial charge in [-0.25, -0.2) is 9.18 Å². The molecule has 0 aliphatic rings. The van der Waals surface area contributed by atoms with Gasteiger partial charge in [0.15, 0.2) is 4.34 Å². The lowest BCUT2D eigenvalue weighted by atomic mass is 10.2. The van der Waals surface area contributed by atoms with Crippen molar-refractivity contribution < 1.29 is 13.6 Å². The van der Waals surface area contributed by atoms with Gasteiger partial charge in [-0.15, -0.1) is 10.2 Å². The van der Waals surface area contributed by atoms with Crippen molar-refractivity contribution in [2.24, 2.45) is 0 Å². The largest absolute Gasteiger partial charge is 0.422 e. The van der Waals surface area contributed by atoms with Gasteiger partial charge in [0, 0.05) is 21.7 Å². The summed E-state index contributed by atoms with van der Waals surface area (Å²) in [6.45, 7) is 0. The molecular formula is C19H11ClFN3O3S2. The standard InChI is InChI=1S/C19H11ClFN3O3S2/c20-13-5-3-6-14(21)12(13)9-28-19-24-23-18(29-19)22-16(25)11-8-10-4-1-2-7-15(10)27-17(11)26/h1-8H,9H2,(H,22,23,25). The molecule has 0 atom stereocenters. The molecule has 4 aromatic rings. The highest BCUT2D eigenvalue weighted by atomic mass is 35.5. The number of nitrogens with one attached hydrogen (secondary N) is 1. The number of para-hydroxylation sites is 1. The van der Waals surface area contributed by atoms with Gasteiger partial charge >= 0.3 is 5.63 Å². The fourth-order valence-electron chi connectivity index (χ4n) is 2.51. The van der Waals surface area contributed by atoms with E-state index in [0.717, 1.165) is 11.3 Å². The Morgan fingerprint density at radius 2 is 2.03 bits per heavy atom. The molecular weight excluding hydrogens is 437 g/mol. The molecule has 0 radical (unpaired) electrons. The highest BCUT2D eigenvalue weighted by molar-refractivity contribution is 8.00. The number of aromatic nitrogens is 2. The molecule has 0 aliphatic heterocycles. The van der Waals surface area contributed by atoms with E-state index in [-0.39, 0.29) is 16.4 Å². The maximum Gasteiger partial charge on any atom is 0.349 e. The number of hydrogen-bond donors (Lipinski definition) is 1. The zero-order chi connectivity index (χ0) is 20.4. The van der Waals surface area contributed by atoms with E-state index < -0.39 is 17.3 Å². The second-order valence-corrected chi connectivity index (χ2v) is 8.41. The lowest BCUT2D eigenvalue weighted by molar-refractivity contribution is 0.102. The van der Waals surface area contributed by atoms with Crippen LogP contribution in [-0.4, -0.2) is 16.1 Å². The van der Waals surface area contributed by atoms with Crippen LogP contribution < -0.4 is 10.9 Å². The number of thioether (sulfide) groups is 1. The molecule has 10 heteroatoms. The number of carbonyl (C=O) groups excluding carboxylic acids is 1. The molecule has 6 nitrogen and oxygen atoms in total. The van der Waals surface area contributed by atoms with E-state index in [9.17, 15) is 14.0 Å². The summed E-state index contributed by atoms with van der Waals surface area (Å²) in [5.41, 5.74) is -0.107. The van der Waals surface area contributed by atoms with Gasteiger partial charge in [0.1, 0.15) is 17.0 Å². The molecule has 0 fully saturated rings. The molecule has 0 aliphatic carbocycles. The molecule has 4 rings (SSSR count). The van der Waals surface area contributed by atoms with Gasteiger partial charge in [0.05, 0.1) is 0 Å².